The largest absolute Gasteiger partial charge is 0.377 e. The van der Waals surface area contributed by atoms with E-state index in [-0.39, 0.29) is 11.9 Å². The fourth-order valence-electron chi connectivity index (χ4n) is 3.02. The summed E-state index contributed by atoms with van der Waals surface area (Å²) in [5, 5.41) is 0. The zero-order chi connectivity index (χ0) is 14.6. The van der Waals surface area contributed by atoms with Gasteiger partial charge in [0, 0.05) is 20.2 Å². The van der Waals surface area contributed by atoms with Gasteiger partial charge in [0.2, 0.25) is 10.0 Å². The van der Waals surface area contributed by atoms with Gasteiger partial charge in [-0.3, -0.25) is 0 Å². The third-order valence-corrected chi connectivity index (χ3v) is 6.39. The lowest BCUT2D eigenvalue weighted by atomic mass is 9.97. The van der Waals surface area contributed by atoms with E-state index in [1.165, 1.54) is 0 Å². The van der Waals surface area contributed by atoms with Crippen molar-refractivity contribution in [1.82, 2.24) is 9.21 Å². The molecule has 0 saturated carbocycles. The average molecular weight is 304 g/mol. The second-order valence-electron chi connectivity index (χ2n) is 6.29. The lowest BCUT2D eigenvalue weighted by Crippen LogP contribution is -2.41. The van der Waals surface area contributed by atoms with Crippen LogP contribution in [-0.4, -0.2) is 69.8 Å². The second-order valence-corrected chi connectivity index (χ2v) is 8.41. The van der Waals surface area contributed by atoms with Crippen molar-refractivity contribution in [1.29, 1.82) is 0 Å². The Hall–Kier alpha value is -0.170. The molecule has 1 atom stereocenters. The highest BCUT2D eigenvalue weighted by Crippen LogP contribution is 2.20. The number of likely N-dealkylation sites (tertiary alicyclic amines) is 1. The molecule has 2 saturated heterocycles. The summed E-state index contributed by atoms with van der Waals surface area (Å²) in [7, 11) is 0.663. The molecule has 0 aliphatic carbocycles. The smallest absolute Gasteiger partial charge is 0.216 e. The van der Waals surface area contributed by atoms with E-state index in [4.69, 9.17) is 4.74 Å². The molecule has 0 aromatic rings. The van der Waals surface area contributed by atoms with Crippen LogP contribution < -0.4 is 0 Å². The van der Waals surface area contributed by atoms with Gasteiger partial charge in [0.25, 0.3) is 0 Å². The first-order valence-corrected chi connectivity index (χ1v) is 9.32. The quantitative estimate of drug-likeness (QED) is 0.765. The molecule has 2 fully saturated rings. The Labute approximate surface area is 123 Å². The molecular formula is C14H28N2O3S. The van der Waals surface area contributed by atoms with Crippen molar-refractivity contribution in [3.8, 4) is 0 Å². The van der Waals surface area contributed by atoms with Gasteiger partial charge in [-0.05, 0) is 58.2 Å². The zero-order valence-electron chi connectivity index (χ0n) is 12.8. The predicted molar refractivity (Wildman–Crippen MR) is 80.2 cm³/mol. The summed E-state index contributed by atoms with van der Waals surface area (Å²) in [6.45, 7) is 3.51. The summed E-state index contributed by atoms with van der Waals surface area (Å²) in [5.41, 5.74) is 0. The monoisotopic (exact) mass is 304 g/mol. The first kappa shape index (κ1) is 16.2. The number of hydrogen-bond donors (Lipinski definition) is 0. The van der Waals surface area contributed by atoms with Crippen molar-refractivity contribution in [2.75, 3.05) is 46.1 Å². The van der Waals surface area contributed by atoms with Crippen LogP contribution in [-0.2, 0) is 14.8 Å². The lowest BCUT2D eigenvalue weighted by Gasteiger charge is -2.32. The average Bonchev–Trinajstić information content (AvgIpc) is 2.42. The van der Waals surface area contributed by atoms with E-state index in [0.717, 1.165) is 45.2 Å². The molecule has 2 heterocycles. The van der Waals surface area contributed by atoms with Gasteiger partial charge in [0.15, 0.2) is 0 Å². The molecule has 118 valence electrons. The highest BCUT2D eigenvalue weighted by molar-refractivity contribution is 7.89. The molecule has 0 radical (unpaired) electrons. The minimum Gasteiger partial charge on any atom is -0.377 e. The van der Waals surface area contributed by atoms with Crippen LogP contribution in [0.4, 0.5) is 0 Å². The van der Waals surface area contributed by atoms with Crippen molar-refractivity contribution in [3.63, 3.8) is 0 Å². The number of sulfonamides is 1. The summed E-state index contributed by atoms with van der Waals surface area (Å²) in [4.78, 5) is 2.31. The maximum absolute atomic E-state index is 12.4. The molecule has 2 aliphatic heterocycles. The van der Waals surface area contributed by atoms with Crippen molar-refractivity contribution in [2.24, 2.45) is 5.92 Å². The molecule has 0 bridgehead atoms. The summed E-state index contributed by atoms with van der Waals surface area (Å²) in [5.74, 6) is 0.647. The van der Waals surface area contributed by atoms with Crippen molar-refractivity contribution >= 4 is 10.0 Å². The number of rotatable bonds is 5. The van der Waals surface area contributed by atoms with Crippen LogP contribution in [0.15, 0.2) is 0 Å². The molecule has 20 heavy (non-hydrogen) atoms. The van der Waals surface area contributed by atoms with Gasteiger partial charge in [-0.25, -0.2) is 12.7 Å². The maximum atomic E-state index is 12.4. The van der Waals surface area contributed by atoms with Crippen LogP contribution in [0.1, 0.15) is 32.1 Å². The van der Waals surface area contributed by atoms with Gasteiger partial charge in [-0.15, -0.1) is 0 Å². The summed E-state index contributed by atoms with van der Waals surface area (Å²) < 4.78 is 31.9. The summed E-state index contributed by atoms with van der Waals surface area (Å²) in [6.07, 6.45) is 5.10. The van der Waals surface area contributed by atoms with E-state index in [2.05, 4.69) is 11.9 Å². The van der Waals surface area contributed by atoms with E-state index in [1.807, 2.05) is 0 Å². The normalized spacial score (nSPS) is 27.1. The Morgan fingerprint density at radius 1 is 1.20 bits per heavy atom. The topological polar surface area (TPSA) is 49.9 Å². The molecule has 0 aromatic heterocycles. The molecule has 0 spiro atoms. The van der Waals surface area contributed by atoms with E-state index < -0.39 is 10.0 Å². The second kappa shape index (κ2) is 7.20. The first-order valence-electron chi connectivity index (χ1n) is 7.71. The van der Waals surface area contributed by atoms with Crippen molar-refractivity contribution in [2.45, 2.75) is 38.2 Å². The van der Waals surface area contributed by atoms with Gasteiger partial charge >= 0.3 is 0 Å². The Bertz CT molecular complexity index is 385. The van der Waals surface area contributed by atoms with Crippen LogP contribution >= 0.6 is 0 Å². The Morgan fingerprint density at radius 3 is 2.50 bits per heavy atom. The Balaban J connectivity index is 1.81. The van der Waals surface area contributed by atoms with Gasteiger partial charge < -0.3 is 9.64 Å². The molecule has 0 aromatic carbocycles. The number of ether oxygens (including phenoxy) is 1. The fourth-order valence-corrected chi connectivity index (χ4v) is 4.45. The third kappa shape index (κ3) is 4.69. The van der Waals surface area contributed by atoms with Gasteiger partial charge in [-0.1, -0.05) is 0 Å². The fraction of sp³-hybridized carbons (Fsp3) is 1.00. The first-order chi connectivity index (χ1) is 9.47. The highest BCUT2D eigenvalue weighted by Gasteiger charge is 2.28. The van der Waals surface area contributed by atoms with Crippen LogP contribution in [0.5, 0.6) is 0 Å². The van der Waals surface area contributed by atoms with E-state index in [9.17, 15) is 8.42 Å². The number of nitrogens with zero attached hydrogens (tertiary/aromatic N) is 2. The summed E-state index contributed by atoms with van der Waals surface area (Å²) >= 11 is 0. The van der Waals surface area contributed by atoms with Crippen LogP contribution in [0.3, 0.4) is 0 Å². The van der Waals surface area contributed by atoms with Gasteiger partial charge in [-0.2, -0.15) is 0 Å². The van der Waals surface area contributed by atoms with Crippen LogP contribution in [0, 0.1) is 5.92 Å². The maximum Gasteiger partial charge on any atom is 0.216 e. The Morgan fingerprint density at radius 2 is 1.90 bits per heavy atom. The van der Waals surface area contributed by atoms with E-state index in [0.29, 0.717) is 19.1 Å². The van der Waals surface area contributed by atoms with Crippen LogP contribution in [0.2, 0.25) is 0 Å². The van der Waals surface area contributed by atoms with Crippen molar-refractivity contribution < 1.29 is 13.2 Å². The molecule has 2 rings (SSSR count). The minimum absolute atomic E-state index is 0.103. The minimum atomic E-state index is -3.18. The zero-order valence-corrected chi connectivity index (χ0v) is 13.6. The molecule has 6 heteroatoms. The third-order valence-electron chi connectivity index (χ3n) is 4.50. The molecule has 0 N–H and O–H groups in total. The molecule has 2 aliphatic rings. The number of piperidine rings is 1. The molecular weight excluding hydrogens is 276 g/mol. The molecule has 0 amide bonds. The Kier molecular flexibility index (Phi) is 5.84. The van der Waals surface area contributed by atoms with E-state index in [1.54, 1.807) is 11.4 Å². The van der Waals surface area contributed by atoms with Crippen molar-refractivity contribution in [3.05, 3.63) is 0 Å². The van der Waals surface area contributed by atoms with E-state index >= 15 is 0 Å². The summed E-state index contributed by atoms with van der Waals surface area (Å²) in [6, 6.07) is 0. The van der Waals surface area contributed by atoms with Crippen LogP contribution in [0.25, 0.3) is 0 Å². The van der Waals surface area contributed by atoms with Gasteiger partial charge in [0.05, 0.1) is 11.9 Å². The SMILES string of the molecule is CN1CCC(CN(C)S(=O)(=O)CC2CCCCO2)CC1. The standard InChI is InChI=1S/C14H28N2O3S/c1-15-8-6-13(7-9-15)11-16(2)20(17,18)12-14-5-3-4-10-19-14/h13-14H,3-12H2,1-2H3. The lowest BCUT2D eigenvalue weighted by molar-refractivity contribution is 0.0299. The van der Waals surface area contributed by atoms with Gasteiger partial charge in [0.1, 0.15) is 0 Å². The predicted octanol–water partition coefficient (Wildman–Crippen LogP) is 1.16. The highest BCUT2D eigenvalue weighted by atomic mass is 32.2. The molecule has 1 unspecified atom stereocenters. The molecule has 5 nitrogen and oxygen atoms in total. The number of hydrogen-bond acceptors (Lipinski definition) is 4.